The summed E-state index contributed by atoms with van der Waals surface area (Å²) < 4.78 is 1.64. The number of amides is 1. The summed E-state index contributed by atoms with van der Waals surface area (Å²) in [5.74, 6) is 0.0373. The monoisotopic (exact) mass is 285 g/mol. The first-order chi connectivity index (χ1) is 10.2. The van der Waals surface area contributed by atoms with Crippen LogP contribution in [0.5, 0.6) is 0 Å². The van der Waals surface area contributed by atoms with E-state index in [-0.39, 0.29) is 17.9 Å². The van der Waals surface area contributed by atoms with Crippen LogP contribution in [0.15, 0.2) is 36.7 Å². The molecule has 3 rings (SSSR count). The number of nitrogens with zero attached hydrogens (tertiary/aromatic N) is 3. The highest BCUT2D eigenvalue weighted by Gasteiger charge is 2.25. The first kappa shape index (κ1) is 13.8. The van der Waals surface area contributed by atoms with Gasteiger partial charge < -0.3 is 11.1 Å². The molecule has 2 atom stereocenters. The van der Waals surface area contributed by atoms with Crippen LogP contribution in [0.2, 0.25) is 0 Å². The van der Waals surface area contributed by atoms with Gasteiger partial charge in [-0.05, 0) is 31.4 Å². The molecule has 0 radical (unpaired) electrons. The molecule has 2 unspecified atom stereocenters. The molecular formula is C15H19N5O. The molecule has 2 aromatic rings. The van der Waals surface area contributed by atoms with Gasteiger partial charge in [0.15, 0.2) is 0 Å². The molecule has 1 aliphatic carbocycles. The van der Waals surface area contributed by atoms with Crippen LogP contribution >= 0.6 is 0 Å². The Morgan fingerprint density at radius 3 is 2.95 bits per heavy atom. The normalized spacial score (nSPS) is 22.0. The Bertz CT molecular complexity index is 610. The fourth-order valence-electron chi connectivity index (χ4n) is 2.82. The zero-order valence-electron chi connectivity index (χ0n) is 11.8. The topological polar surface area (TPSA) is 85.8 Å². The van der Waals surface area contributed by atoms with E-state index in [1.807, 2.05) is 24.3 Å². The standard InChI is InChI=1S/C15H19N5O/c16-12-5-3-4-11(10-12)15(21)18-13-6-1-2-7-14(13)20-9-8-17-19-20/h1-2,6-9,11-12H,3-5,10,16H2,(H,18,21). The summed E-state index contributed by atoms with van der Waals surface area (Å²) in [4.78, 5) is 12.4. The quantitative estimate of drug-likeness (QED) is 0.899. The SMILES string of the molecule is NC1CCCC(C(=O)Nc2ccccc2-n2ccnn2)C1. The number of anilines is 1. The largest absolute Gasteiger partial charge is 0.328 e. The maximum Gasteiger partial charge on any atom is 0.227 e. The van der Waals surface area contributed by atoms with Crippen LogP contribution in [-0.2, 0) is 4.79 Å². The van der Waals surface area contributed by atoms with Gasteiger partial charge in [-0.15, -0.1) is 5.10 Å². The third kappa shape index (κ3) is 3.11. The van der Waals surface area contributed by atoms with E-state index in [4.69, 9.17) is 5.73 Å². The summed E-state index contributed by atoms with van der Waals surface area (Å²) >= 11 is 0. The molecule has 110 valence electrons. The van der Waals surface area contributed by atoms with Gasteiger partial charge in [0.25, 0.3) is 0 Å². The van der Waals surface area contributed by atoms with E-state index < -0.39 is 0 Å². The fourth-order valence-corrected chi connectivity index (χ4v) is 2.82. The van der Waals surface area contributed by atoms with Crippen molar-refractivity contribution in [1.29, 1.82) is 0 Å². The van der Waals surface area contributed by atoms with Crippen LogP contribution in [0.1, 0.15) is 25.7 Å². The molecule has 1 aromatic heterocycles. The van der Waals surface area contributed by atoms with Gasteiger partial charge in [-0.3, -0.25) is 4.79 Å². The molecule has 0 saturated heterocycles. The Morgan fingerprint density at radius 2 is 2.19 bits per heavy atom. The van der Waals surface area contributed by atoms with Crippen molar-refractivity contribution < 1.29 is 4.79 Å². The predicted octanol–water partition coefficient (Wildman–Crippen LogP) is 1.72. The number of para-hydroxylation sites is 2. The summed E-state index contributed by atoms with van der Waals surface area (Å²) in [5.41, 5.74) is 7.51. The second-order valence-corrected chi connectivity index (χ2v) is 5.48. The van der Waals surface area contributed by atoms with Gasteiger partial charge >= 0.3 is 0 Å². The number of benzene rings is 1. The van der Waals surface area contributed by atoms with Crippen LogP contribution in [0.25, 0.3) is 5.69 Å². The molecule has 1 fully saturated rings. The first-order valence-electron chi connectivity index (χ1n) is 7.26. The fraction of sp³-hybridized carbons (Fsp3) is 0.400. The van der Waals surface area contributed by atoms with Crippen molar-refractivity contribution in [2.45, 2.75) is 31.7 Å². The van der Waals surface area contributed by atoms with Gasteiger partial charge in [0.1, 0.15) is 0 Å². The molecule has 3 N–H and O–H groups in total. The predicted molar refractivity (Wildman–Crippen MR) is 79.9 cm³/mol. The second-order valence-electron chi connectivity index (χ2n) is 5.48. The summed E-state index contributed by atoms with van der Waals surface area (Å²) in [6.45, 7) is 0. The van der Waals surface area contributed by atoms with Crippen LogP contribution in [-0.4, -0.2) is 26.9 Å². The average Bonchev–Trinajstić information content (AvgIpc) is 3.02. The Labute approximate surface area is 123 Å². The lowest BCUT2D eigenvalue weighted by molar-refractivity contribution is -0.120. The molecule has 1 aromatic carbocycles. The van der Waals surface area contributed by atoms with Crippen LogP contribution in [0.4, 0.5) is 5.69 Å². The minimum atomic E-state index is -0.00227. The van der Waals surface area contributed by atoms with Crippen LogP contribution < -0.4 is 11.1 Å². The van der Waals surface area contributed by atoms with Gasteiger partial charge in [0.05, 0.1) is 23.8 Å². The molecule has 6 heteroatoms. The number of hydrogen-bond donors (Lipinski definition) is 2. The van der Waals surface area contributed by atoms with Gasteiger partial charge in [0, 0.05) is 12.0 Å². The Balaban J connectivity index is 1.77. The Kier molecular flexibility index (Phi) is 3.96. The van der Waals surface area contributed by atoms with Gasteiger partial charge in [-0.1, -0.05) is 23.8 Å². The van der Waals surface area contributed by atoms with E-state index in [0.29, 0.717) is 0 Å². The highest BCUT2D eigenvalue weighted by molar-refractivity contribution is 5.94. The molecule has 1 heterocycles. The minimum Gasteiger partial charge on any atom is -0.328 e. The third-order valence-electron chi connectivity index (χ3n) is 3.92. The number of hydrogen-bond acceptors (Lipinski definition) is 4. The van der Waals surface area contributed by atoms with E-state index in [1.54, 1.807) is 17.1 Å². The molecular weight excluding hydrogens is 266 g/mol. The third-order valence-corrected chi connectivity index (χ3v) is 3.92. The number of rotatable bonds is 3. The van der Waals surface area contributed by atoms with Gasteiger partial charge in [0.2, 0.25) is 5.91 Å². The van der Waals surface area contributed by atoms with Crippen molar-refractivity contribution in [3.8, 4) is 5.69 Å². The van der Waals surface area contributed by atoms with Crippen molar-refractivity contribution in [3.05, 3.63) is 36.7 Å². The van der Waals surface area contributed by atoms with Crippen molar-refractivity contribution in [2.24, 2.45) is 11.7 Å². The summed E-state index contributed by atoms with van der Waals surface area (Å²) in [7, 11) is 0. The van der Waals surface area contributed by atoms with Crippen molar-refractivity contribution in [3.63, 3.8) is 0 Å². The number of carbonyl (C=O) groups is 1. The summed E-state index contributed by atoms with van der Waals surface area (Å²) in [6, 6.07) is 7.71. The van der Waals surface area contributed by atoms with Crippen molar-refractivity contribution >= 4 is 11.6 Å². The van der Waals surface area contributed by atoms with E-state index in [2.05, 4.69) is 15.6 Å². The van der Waals surface area contributed by atoms with Gasteiger partial charge in [-0.2, -0.15) is 0 Å². The lowest BCUT2D eigenvalue weighted by Gasteiger charge is -2.26. The number of aromatic nitrogens is 3. The smallest absolute Gasteiger partial charge is 0.227 e. The minimum absolute atomic E-state index is 0.00227. The Hall–Kier alpha value is -2.21. The molecule has 6 nitrogen and oxygen atoms in total. The molecule has 0 bridgehead atoms. The van der Waals surface area contributed by atoms with Crippen molar-refractivity contribution in [1.82, 2.24) is 15.0 Å². The zero-order valence-corrected chi connectivity index (χ0v) is 11.8. The van der Waals surface area contributed by atoms with E-state index >= 15 is 0 Å². The Morgan fingerprint density at radius 1 is 1.33 bits per heavy atom. The number of carbonyl (C=O) groups excluding carboxylic acids is 1. The summed E-state index contributed by atoms with van der Waals surface area (Å²) in [5, 5.41) is 10.8. The first-order valence-corrected chi connectivity index (χ1v) is 7.26. The lowest BCUT2D eigenvalue weighted by Crippen LogP contribution is -2.34. The van der Waals surface area contributed by atoms with E-state index in [9.17, 15) is 4.79 Å². The highest BCUT2D eigenvalue weighted by atomic mass is 16.1. The molecule has 1 saturated carbocycles. The summed E-state index contributed by atoms with van der Waals surface area (Å²) in [6.07, 6.45) is 7.06. The average molecular weight is 285 g/mol. The zero-order chi connectivity index (χ0) is 14.7. The van der Waals surface area contributed by atoms with Gasteiger partial charge in [-0.25, -0.2) is 4.68 Å². The molecule has 1 aliphatic rings. The van der Waals surface area contributed by atoms with Crippen molar-refractivity contribution in [2.75, 3.05) is 5.32 Å². The highest BCUT2D eigenvalue weighted by Crippen LogP contribution is 2.26. The maximum atomic E-state index is 12.4. The lowest BCUT2D eigenvalue weighted by atomic mass is 9.85. The van der Waals surface area contributed by atoms with Crippen LogP contribution in [0.3, 0.4) is 0 Å². The number of nitrogens with two attached hydrogens (primary N) is 1. The molecule has 1 amide bonds. The molecule has 21 heavy (non-hydrogen) atoms. The number of nitrogens with one attached hydrogen (secondary N) is 1. The molecule has 0 aliphatic heterocycles. The second kappa shape index (κ2) is 6.05. The van der Waals surface area contributed by atoms with E-state index in [1.165, 1.54) is 0 Å². The maximum absolute atomic E-state index is 12.4. The van der Waals surface area contributed by atoms with Crippen LogP contribution in [0, 0.1) is 5.92 Å². The van der Waals surface area contributed by atoms with E-state index in [0.717, 1.165) is 37.1 Å². The molecule has 0 spiro atoms.